The van der Waals surface area contributed by atoms with Gasteiger partial charge in [-0.25, -0.2) is 0 Å². The summed E-state index contributed by atoms with van der Waals surface area (Å²) in [5, 5.41) is 19.9. The van der Waals surface area contributed by atoms with E-state index in [-0.39, 0.29) is 12.2 Å². The Morgan fingerprint density at radius 2 is 1.33 bits per heavy atom. The third-order valence-electron chi connectivity index (χ3n) is 2.36. The average Bonchev–Trinajstić information content (AvgIpc) is 2.30. The molecule has 4 atom stereocenters. The molecule has 1 aliphatic heterocycles. The van der Waals surface area contributed by atoms with E-state index in [1.165, 1.54) is 11.5 Å². The van der Waals surface area contributed by atoms with Crippen LogP contribution in [0.25, 0.3) is 0 Å². The zero-order chi connectivity index (χ0) is 13.4. The van der Waals surface area contributed by atoms with Gasteiger partial charge in [0.25, 0.3) is 0 Å². The van der Waals surface area contributed by atoms with Crippen molar-refractivity contribution in [1.82, 2.24) is 0 Å². The van der Waals surface area contributed by atoms with Crippen LogP contribution in [0.4, 0.5) is 0 Å². The Morgan fingerprint density at radius 3 is 1.61 bits per heavy atom. The van der Waals surface area contributed by atoms with E-state index in [0.29, 0.717) is 0 Å². The molecule has 1 rings (SSSR count). The predicted octanol–water partition coefficient (Wildman–Crippen LogP) is 2.43. The van der Waals surface area contributed by atoms with Gasteiger partial charge in [-0.1, -0.05) is 0 Å². The van der Waals surface area contributed by atoms with Crippen LogP contribution in [0.1, 0.15) is 13.8 Å². The highest BCUT2D eigenvalue weighted by Gasteiger charge is 2.22. The van der Waals surface area contributed by atoms with Crippen LogP contribution in [-0.2, 0) is 0 Å². The predicted molar refractivity (Wildman–Crippen MR) is 90.5 cm³/mol. The van der Waals surface area contributed by atoms with Crippen LogP contribution in [0.5, 0.6) is 0 Å². The Morgan fingerprint density at radius 1 is 0.944 bits per heavy atom. The SMILES string of the molecule is CC(O)CSCC1CSC(CSCC(C)O)CS1. The van der Waals surface area contributed by atoms with Crippen molar-refractivity contribution in [3.63, 3.8) is 0 Å². The Kier molecular flexibility index (Phi) is 9.75. The quantitative estimate of drug-likeness (QED) is 0.713. The van der Waals surface area contributed by atoms with Crippen molar-refractivity contribution < 1.29 is 10.2 Å². The molecule has 1 saturated heterocycles. The standard InChI is InChI=1S/C12H24O2S4/c1-9(13)3-15-5-11-7-18-12(8-17-11)6-16-4-10(2)14/h9-14H,3-8H2,1-2H3. The fourth-order valence-electron chi connectivity index (χ4n) is 1.52. The zero-order valence-electron chi connectivity index (χ0n) is 11.1. The van der Waals surface area contributed by atoms with E-state index in [1.807, 2.05) is 37.4 Å². The molecule has 1 heterocycles. The normalized spacial score (nSPS) is 28.0. The topological polar surface area (TPSA) is 40.5 Å². The Bertz CT molecular complexity index is 184. The maximum absolute atomic E-state index is 9.21. The molecule has 0 saturated carbocycles. The summed E-state index contributed by atoms with van der Waals surface area (Å²) in [7, 11) is 0. The summed E-state index contributed by atoms with van der Waals surface area (Å²) in [6.45, 7) is 3.70. The monoisotopic (exact) mass is 328 g/mol. The van der Waals surface area contributed by atoms with Crippen molar-refractivity contribution in [1.29, 1.82) is 0 Å². The zero-order valence-corrected chi connectivity index (χ0v) is 14.3. The third-order valence-corrected chi connectivity index (χ3v) is 8.72. The van der Waals surface area contributed by atoms with E-state index >= 15 is 0 Å². The summed E-state index contributed by atoms with van der Waals surface area (Å²) in [5.74, 6) is 6.51. The van der Waals surface area contributed by atoms with Crippen molar-refractivity contribution in [2.75, 3.05) is 34.5 Å². The van der Waals surface area contributed by atoms with Gasteiger partial charge < -0.3 is 10.2 Å². The third kappa shape index (κ3) is 8.48. The maximum Gasteiger partial charge on any atom is 0.0602 e. The van der Waals surface area contributed by atoms with Crippen LogP contribution in [0.3, 0.4) is 0 Å². The van der Waals surface area contributed by atoms with Crippen LogP contribution in [0, 0.1) is 0 Å². The van der Waals surface area contributed by atoms with Gasteiger partial charge in [0.15, 0.2) is 0 Å². The summed E-state index contributed by atoms with van der Waals surface area (Å²) in [4.78, 5) is 0. The smallest absolute Gasteiger partial charge is 0.0602 e. The molecule has 0 aromatic rings. The van der Waals surface area contributed by atoms with Gasteiger partial charge in [0.05, 0.1) is 12.2 Å². The molecule has 0 radical (unpaired) electrons. The second-order valence-electron chi connectivity index (χ2n) is 4.68. The van der Waals surface area contributed by atoms with E-state index in [4.69, 9.17) is 0 Å². The number of aliphatic hydroxyl groups excluding tert-OH is 2. The second-order valence-corrected chi connectivity index (χ2v) is 9.50. The van der Waals surface area contributed by atoms with E-state index in [1.54, 1.807) is 0 Å². The molecule has 18 heavy (non-hydrogen) atoms. The summed E-state index contributed by atoms with van der Waals surface area (Å²) < 4.78 is 0. The van der Waals surface area contributed by atoms with Crippen LogP contribution in [0.2, 0.25) is 0 Å². The Balaban J connectivity index is 2.02. The highest BCUT2D eigenvalue weighted by molar-refractivity contribution is 8.09. The number of hydrogen-bond donors (Lipinski definition) is 2. The lowest BCUT2D eigenvalue weighted by Crippen LogP contribution is -2.25. The van der Waals surface area contributed by atoms with Gasteiger partial charge in [0.2, 0.25) is 0 Å². The lowest BCUT2D eigenvalue weighted by Gasteiger charge is -2.27. The van der Waals surface area contributed by atoms with Crippen LogP contribution < -0.4 is 0 Å². The van der Waals surface area contributed by atoms with E-state index in [0.717, 1.165) is 33.5 Å². The average molecular weight is 329 g/mol. The molecule has 6 heteroatoms. The lowest BCUT2D eigenvalue weighted by atomic mass is 10.5. The minimum absolute atomic E-state index is 0.180. The minimum atomic E-state index is -0.180. The molecular formula is C12H24O2S4. The molecule has 0 aromatic heterocycles. The number of hydrogen-bond acceptors (Lipinski definition) is 6. The largest absolute Gasteiger partial charge is 0.393 e. The van der Waals surface area contributed by atoms with Crippen molar-refractivity contribution in [3.05, 3.63) is 0 Å². The first-order valence-corrected chi connectivity index (χ1v) is 10.7. The summed E-state index contributed by atoms with van der Waals surface area (Å²) in [6, 6.07) is 0. The lowest BCUT2D eigenvalue weighted by molar-refractivity contribution is 0.220. The molecule has 0 amide bonds. The van der Waals surface area contributed by atoms with Crippen LogP contribution >= 0.6 is 47.0 Å². The van der Waals surface area contributed by atoms with E-state index in [9.17, 15) is 10.2 Å². The maximum atomic E-state index is 9.21. The van der Waals surface area contributed by atoms with Crippen LogP contribution in [-0.4, -0.2) is 67.4 Å². The van der Waals surface area contributed by atoms with Gasteiger partial charge in [-0.15, -0.1) is 0 Å². The molecule has 0 spiro atoms. The summed E-state index contributed by atoms with van der Waals surface area (Å²) in [5.41, 5.74) is 0. The summed E-state index contributed by atoms with van der Waals surface area (Å²) in [6.07, 6.45) is -0.360. The van der Waals surface area contributed by atoms with Gasteiger partial charge in [0.1, 0.15) is 0 Å². The molecule has 1 fully saturated rings. The Hall–Kier alpha value is 1.32. The molecule has 4 unspecified atom stereocenters. The molecule has 2 nitrogen and oxygen atoms in total. The van der Waals surface area contributed by atoms with Crippen LogP contribution in [0.15, 0.2) is 0 Å². The van der Waals surface area contributed by atoms with Gasteiger partial charge in [-0.05, 0) is 13.8 Å². The fourth-order valence-corrected chi connectivity index (χ4v) is 7.33. The first-order valence-electron chi connectivity index (χ1n) is 6.32. The van der Waals surface area contributed by atoms with E-state index in [2.05, 4.69) is 23.5 Å². The van der Waals surface area contributed by atoms with Gasteiger partial charge in [-0.2, -0.15) is 47.0 Å². The molecule has 2 N–H and O–H groups in total. The first-order chi connectivity index (χ1) is 8.58. The molecule has 1 aliphatic rings. The minimum Gasteiger partial charge on any atom is -0.393 e. The van der Waals surface area contributed by atoms with Crippen molar-refractivity contribution in [2.24, 2.45) is 0 Å². The highest BCUT2D eigenvalue weighted by atomic mass is 32.2. The van der Waals surface area contributed by atoms with Crippen molar-refractivity contribution in [3.8, 4) is 0 Å². The molecule has 0 aromatic carbocycles. The van der Waals surface area contributed by atoms with Gasteiger partial charge >= 0.3 is 0 Å². The Labute approximate surface area is 128 Å². The van der Waals surface area contributed by atoms with Crippen molar-refractivity contribution in [2.45, 2.75) is 36.6 Å². The molecule has 0 bridgehead atoms. The van der Waals surface area contributed by atoms with E-state index < -0.39 is 0 Å². The number of aliphatic hydroxyl groups is 2. The van der Waals surface area contributed by atoms with Crippen molar-refractivity contribution >= 4 is 47.0 Å². The van der Waals surface area contributed by atoms with Gasteiger partial charge in [-0.3, -0.25) is 0 Å². The first kappa shape index (κ1) is 17.4. The summed E-state index contributed by atoms with van der Waals surface area (Å²) >= 11 is 7.90. The molecule has 0 aliphatic carbocycles. The highest BCUT2D eigenvalue weighted by Crippen LogP contribution is 2.33. The fraction of sp³-hybridized carbons (Fsp3) is 1.00. The molecular weight excluding hydrogens is 304 g/mol. The number of rotatable bonds is 8. The number of thioether (sulfide) groups is 4. The van der Waals surface area contributed by atoms with Gasteiger partial charge in [0, 0.05) is 45.0 Å². The second kappa shape index (κ2) is 10.1. The molecule has 108 valence electrons.